The minimum Gasteiger partial charge on any atom is -0.320 e. The molecule has 0 bridgehead atoms. The normalized spacial score (nSPS) is 10.6. The molecule has 0 unspecified atom stereocenters. The molecule has 0 spiro atoms. The average Bonchev–Trinajstić information content (AvgIpc) is 2.20. The lowest BCUT2D eigenvalue weighted by molar-refractivity contribution is 0.778. The SMILES string of the molecule is CNCCCSCc1ccc(Cl)cc1Cl. The highest BCUT2D eigenvalue weighted by molar-refractivity contribution is 7.98. The summed E-state index contributed by atoms with van der Waals surface area (Å²) in [7, 11) is 1.97. The van der Waals surface area contributed by atoms with Gasteiger partial charge in [0.25, 0.3) is 0 Å². The smallest absolute Gasteiger partial charge is 0.0461 e. The molecule has 0 aliphatic rings. The number of hydrogen-bond donors (Lipinski definition) is 1. The Kier molecular flexibility index (Phi) is 6.50. The number of benzene rings is 1. The van der Waals surface area contributed by atoms with E-state index >= 15 is 0 Å². The van der Waals surface area contributed by atoms with Crippen molar-refractivity contribution in [3.63, 3.8) is 0 Å². The molecule has 0 atom stereocenters. The molecule has 1 rings (SSSR count). The zero-order valence-corrected chi connectivity index (χ0v) is 11.1. The molecule has 0 aromatic heterocycles. The van der Waals surface area contributed by atoms with E-state index in [0.29, 0.717) is 5.02 Å². The van der Waals surface area contributed by atoms with Crippen molar-refractivity contribution in [2.24, 2.45) is 0 Å². The Morgan fingerprint density at radius 1 is 1.33 bits per heavy atom. The van der Waals surface area contributed by atoms with Gasteiger partial charge in [-0.15, -0.1) is 0 Å². The molecule has 0 aliphatic carbocycles. The van der Waals surface area contributed by atoms with E-state index in [1.165, 1.54) is 6.42 Å². The van der Waals surface area contributed by atoms with Gasteiger partial charge in [-0.25, -0.2) is 0 Å². The Hall–Kier alpha value is 0.110. The van der Waals surface area contributed by atoms with Crippen LogP contribution in [0.4, 0.5) is 0 Å². The minimum atomic E-state index is 0.698. The van der Waals surface area contributed by atoms with E-state index in [1.807, 2.05) is 30.9 Å². The molecule has 1 nitrogen and oxygen atoms in total. The van der Waals surface area contributed by atoms with Crippen LogP contribution >= 0.6 is 35.0 Å². The van der Waals surface area contributed by atoms with E-state index in [4.69, 9.17) is 23.2 Å². The second-order valence-electron chi connectivity index (χ2n) is 3.25. The average molecular weight is 264 g/mol. The van der Waals surface area contributed by atoms with Crippen LogP contribution in [0.1, 0.15) is 12.0 Å². The van der Waals surface area contributed by atoms with Crippen molar-refractivity contribution in [2.75, 3.05) is 19.3 Å². The largest absolute Gasteiger partial charge is 0.320 e. The maximum absolute atomic E-state index is 6.06. The Morgan fingerprint density at radius 3 is 2.80 bits per heavy atom. The van der Waals surface area contributed by atoms with Gasteiger partial charge in [0.1, 0.15) is 0 Å². The molecule has 1 aromatic rings. The fraction of sp³-hybridized carbons (Fsp3) is 0.455. The summed E-state index contributed by atoms with van der Waals surface area (Å²) in [6.45, 7) is 1.07. The van der Waals surface area contributed by atoms with Crippen molar-refractivity contribution in [1.29, 1.82) is 0 Å². The van der Waals surface area contributed by atoms with E-state index in [9.17, 15) is 0 Å². The Labute approximate surface area is 106 Å². The minimum absolute atomic E-state index is 0.698. The predicted octanol–water partition coefficient (Wildman–Crippen LogP) is 3.84. The predicted molar refractivity (Wildman–Crippen MR) is 71.2 cm³/mol. The molecule has 15 heavy (non-hydrogen) atoms. The summed E-state index contributed by atoms with van der Waals surface area (Å²) in [5.41, 5.74) is 1.16. The first kappa shape index (κ1) is 13.2. The highest BCUT2D eigenvalue weighted by Gasteiger charge is 2.00. The molecule has 0 saturated carbocycles. The number of rotatable bonds is 6. The lowest BCUT2D eigenvalue weighted by Crippen LogP contribution is -2.08. The summed E-state index contributed by atoms with van der Waals surface area (Å²) in [6, 6.07) is 5.68. The lowest BCUT2D eigenvalue weighted by Gasteiger charge is -2.04. The van der Waals surface area contributed by atoms with Gasteiger partial charge < -0.3 is 5.32 Å². The first-order chi connectivity index (χ1) is 7.24. The van der Waals surface area contributed by atoms with Gasteiger partial charge in [-0.1, -0.05) is 29.3 Å². The second-order valence-corrected chi connectivity index (χ2v) is 5.19. The molecule has 0 aliphatic heterocycles. The summed E-state index contributed by atoms with van der Waals surface area (Å²) in [5.74, 6) is 2.11. The molecule has 1 N–H and O–H groups in total. The summed E-state index contributed by atoms with van der Waals surface area (Å²) in [6.07, 6.45) is 1.19. The topological polar surface area (TPSA) is 12.0 Å². The molecule has 1 aromatic carbocycles. The molecule has 0 radical (unpaired) electrons. The zero-order valence-electron chi connectivity index (χ0n) is 8.72. The van der Waals surface area contributed by atoms with E-state index in [1.54, 1.807) is 6.07 Å². The van der Waals surface area contributed by atoms with E-state index in [0.717, 1.165) is 28.6 Å². The quantitative estimate of drug-likeness (QED) is 0.783. The Balaban J connectivity index is 2.31. The molecular weight excluding hydrogens is 249 g/mol. The third-order valence-corrected chi connectivity index (χ3v) is 3.67. The van der Waals surface area contributed by atoms with Gasteiger partial charge in [0.05, 0.1) is 0 Å². The molecule has 0 fully saturated rings. The summed E-state index contributed by atoms with van der Waals surface area (Å²) < 4.78 is 0. The van der Waals surface area contributed by atoms with E-state index < -0.39 is 0 Å². The van der Waals surface area contributed by atoms with Gasteiger partial charge in [-0.2, -0.15) is 11.8 Å². The fourth-order valence-corrected chi connectivity index (χ4v) is 2.69. The van der Waals surface area contributed by atoms with Crippen LogP contribution in [0.5, 0.6) is 0 Å². The third-order valence-electron chi connectivity index (χ3n) is 1.99. The second kappa shape index (κ2) is 7.39. The first-order valence-corrected chi connectivity index (χ1v) is 6.81. The fourth-order valence-electron chi connectivity index (χ4n) is 1.17. The highest BCUT2D eigenvalue weighted by Crippen LogP contribution is 2.24. The maximum atomic E-state index is 6.06. The Morgan fingerprint density at radius 2 is 2.13 bits per heavy atom. The molecule has 4 heteroatoms. The van der Waals surface area contributed by atoms with Gasteiger partial charge in [0.2, 0.25) is 0 Å². The van der Waals surface area contributed by atoms with Crippen LogP contribution in [0.15, 0.2) is 18.2 Å². The summed E-state index contributed by atoms with van der Waals surface area (Å²) in [4.78, 5) is 0. The molecular formula is C11H15Cl2NS. The lowest BCUT2D eigenvalue weighted by atomic mass is 10.2. The maximum Gasteiger partial charge on any atom is 0.0461 e. The number of hydrogen-bond acceptors (Lipinski definition) is 2. The van der Waals surface area contributed by atoms with Crippen molar-refractivity contribution in [3.8, 4) is 0 Å². The summed E-state index contributed by atoms with van der Waals surface area (Å²) in [5, 5.41) is 4.59. The van der Waals surface area contributed by atoms with Crippen LogP contribution in [-0.4, -0.2) is 19.3 Å². The zero-order chi connectivity index (χ0) is 11.1. The van der Waals surface area contributed by atoms with Crippen molar-refractivity contribution < 1.29 is 0 Å². The monoisotopic (exact) mass is 263 g/mol. The number of thioether (sulfide) groups is 1. The van der Waals surface area contributed by atoms with Gasteiger partial charge in [0, 0.05) is 15.8 Å². The molecule has 0 saturated heterocycles. The van der Waals surface area contributed by atoms with Crippen LogP contribution < -0.4 is 5.32 Å². The summed E-state index contributed by atoms with van der Waals surface area (Å²) >= 11 is 13.8. The van der Waals surface area contributed by atoms with Gasteiger partial charge in [0.15, 0.2) is 0 Å². The first-order valence-electron chi connectivity index (χ1n) is 4.90. The van der Waals surface area contributed by atoms with Crippen molar-refractivity contribution >= 4 is 35.0 Å². The van der Waals surface area contributed by atoms with Crippen LogP contribution in [-0.2, 0) is 5.75 Å². The van der Waals surface area contributed by atoms with Crippen molar-refractivity contribution in [3.05, 3.63) is 33.8 Å². The van der Waals surface area contributed by atoms with Crippen LogP contribution in [0, 0.1) is 0 Å². The highest BCUT2D eigenvalue weighted by atomic mass is 35.5. The van der Waals surface area contributed by atoms with Gasteiger partial charge >= 0.3 is 0 Å². The third kappa shape index (κ3) is 5.12. The van der Waals surface area contributed by atoms with Crippen LogP contribution in [0.2, 0.25) is 10.0 Å². The Bertz CT molecular complexity index is 305. The van der Waals surface area contributed by atoms with Gasteiger partial charge in [-0.05, 0) is 43.5 Å². The molecule has 0 heterocycles. The molecule has 0 amide bonds. The van der Waals surface area contributed by atoms with Crippen molar-refractivity contribution in [2.45, 2.75) is 12.2 Å². The number of halogens is 2. The van der Waals surface area contributed by atoms with Crippen LogP contribution in [0.3, 0.4) is 0 Å². The number of nitrogens with one attached hydrogen (secondary N) is 1. The van der Waals surface area contributed by atoms with Gasteiger partial charge in [-0.3, -0.25) is 0 Å². The van der Waals surface area contributed by atoms with E-state index in [2.05, 4.69) is 5.32 Å². The van der Waals surface area contributed by atoms with Crippen LogP contribution in [0.25, 0.3) is 0 Å². The molecule has 84 valence electrons. The van der Waals surface area contributed by atoms with E-state index in [-0.39, 0.29) is 0 Å². The van der Waals surface area contributed by atoms with Crippen molar-refractivity contribution in [1.82, 2.24) is 5.32 Å². The standard InChI is InChI=1S/C11H15Cl2NS/c1-14-5-2-6-15-8-9-3-4-10(12)7-11(9)13/h3-4,7,14H,2,5-6,8H2,1H3.